The summed E-state index contributed by atoms with van der Waals surface area (Å²) in [5.41, 5.74) is 3.34. The van der Waals surface area contributed by atoms with E-state index in [2.05, 4.69) is 16.2 Å². The Kier molecular flexibility index (Phi) is 3.94. The highest BCUT2D eigenvalue weighted by Gasteiger charge is 2.40. The molecule has 0 spiro atoms. The molecule has 0 radical (unpaired) electrons. The van der Waals surface area contributed by atoms with E-state index in [4.69, 9.17) is 0 Å². The molecule has 2 unspecified atom stereocenters. The zero-order valence-corrected chi connectivity index (χ0v) is 12.5. The van der Waals surface area contributed by atoms with Crippen molar-refractivity contribution >= 4 is 23.2 Å². The van der Waals surface area contributed by atoms with Crippen LogP contribution in [0.1, 0.15) is 23.8 Å². The van der Waals surface area contributed by atoms with E-state index in [0.717, 1.165) is 6.42 Å². The molecule has 7 heteroatoms. The maximum Gasteiger partial charge on any atom is 0.307 e. The topological polar surface area (TPSA) is 61.9 Å². The summed E-state index contributed by atoms with van der Waals surface area (Å²) in [4.78, 5) is 26.5. The van der Waals surface area contributed by atoms with Gasteiger partial charge >= 0.3 is 5.97 Å². The number of nitrogens with zero attached hydrogens (tertiary/aromatic N) is 2. The van der Waals surface area contributed by atoms with Gasteiger partial charge in [0.25, 0.3) is 5.91 Å². The quantitative estimate of drug-likeness (QED) is 0.848. The van der Waals surface area contributed by atoms with Crippen LogP contribution in [0.15, 0.2) is 29.9 Å². The number of hydrogen-bond acceptors (Lipinski definition) is 6. The Hall–Kier alpha value is -1.86. The summed E-state index contributed by atoms with van der Waals surface area (Å²) in [6.07, 6.45) is 4.52. The summed E-state index contributed by atoms with van der Waals surface area (Å²) in [5, 5.41) is 3.90. The smallest absolute Gasteiger partial charge is 0.307 e. The summed E-state index contributed by atoms with van der Waals surface area (Å²) in [5.74, 6) is -0.285. The number of ether oxygens (including phenoxy) is 1. The van der Waals surface area contributed by atoms with Crippen LogP contribution in [0.2, 0.25) is 0 Å². The van der Waals surface area contributed by atoms with Gasteiger partial charge in [0, 0.05) is 30.2 Å². The van der Waals surface area contributed by atoms with Crippen LogP contribution < -0.4 is 5.43 Å². The van der Waals surface area contributed by atoms with Crippen molar-refractivity contribution in [3.63, 3.8) is 0 Å². The standard InChI is InChI=1S/C14H17N3O3S/c1-20-13(18)4-5-16-6-7-17-11(14(16)19)9-10(15-17)12-3-2-8-21-12/h2-3,6-8,10-11,15H,4-5,9H2,1H3. The van der Waals surface area contributed by atoms with E-state index in [9.17, 15) is 9.59 Å². The van der Waals surface area contributed by atoms with Crippen LogP contribution in [0, 0.1) is 0 Å². The number of fused-ring (bicyclic) bond motifs is 1. The van der Waals surface area contributed by atoms with Crippen molar-refractivity contribution in [2.24, 2.45) is 0 Å². The first kappa shape index (κ1) is 14.1. The summed E-state index contributed by atoms with van der Waals surface area (Å²) < 4.78 is 4.61. The van der Waals surface area contributed by atoms with Crippen LogP contribution >= 0.6 is 11.3 Å². The molecule has 1 N–H and O–H groups in total. The maximum atomic E-state index is 12.5. The molecule has 2 aliphatic heterocycles. The Balaban J connectivity index is 1.65. The van der Waals surface area contributed by atoms with Crippen molar-refractivity contribution in [3.8, 4) is 0 Å². The normalized spacial score (nSPS) is 24.3. The third-order valence-electron chi connectivity index (χ3n) is 3.75. The average Bonchev–Trinajstić information content (AvgIpc) is 3.15. The molecule has 1 saturated heterocycles. The fraction of sp³-hybridized carbons (Fsp3) is 0.429. The molecule has 2 aliphatic rings. The van der Waals surface area contributed by atoms with Gasteiger partial charge in [0.2, 0.25) is 0 Å². The number of methoxy groups -OCH3 is 1. The fourth-order valence-electron chi connectivity index (χ4n) is 2.61. The van der Waals surface area contributed by atoms with Crippen molar-refractivity contribution in [2.75, 3.05) is 13.7 Å². The second kappa shape index (κ2) is 5.87. The average molecular weight is 307 g/mol. The first-order valence-electron chi connectivity index (χ1n) is 6.82. The van der Waals surface area contributed by atoms with E-state index in [0.29, 0.717) is 6.54 Å². The summed E-state index contributed by atoms with van der Waals surface area (Å²) >= 11 is 1.69. The SMILES string of the molecule is COC(=O)CCN1C=CN2NC(c3cccs3)CC2C1=O. The maximum absolute atomic E-state index is 12.5. The molecular weight excluding hydrogens is 290 g/mol. The molecule has 1 aromatic heterocycles. The minimum absolute atomic E-state index is 0.0213. The minimum atomic E-state index is -0.306. The lowest BCUT2D eigenvalue weighted by Crippen LogP contribution is -2.48. The number of rotatable bonds is 4. The molecule has 112 valence electrons. The van der Waals surface area contributed by atoms with E-state index in [1.165, 1.54) is 12.0 Å². The number of amides is 1. The second-order valence-corrected chi connectivity index (χ2v) is 5.99. The van der Waals surface area contributed by atoms with Gasteiger partial charge in [0.05, 0.1) is 19.6 Å². The van der Waals surface area contributed by atoms with Crippen molar-refractivity contribution in [1.29, 1.82) is 0 Å². The molecule has 0 bridgehead atoms. The van der Waals surface area contributed by atoms with Crippen LogP contribution in [0.25, 0.3) is 0 Å². The molecule has 3 heterocycles. The molecule has 21 heavy (non-hydrogen) atoms. The molecule has 6 nitrogen and oxygen atoms in total. The Labute approximate surface area is 126 Å². The zero-order valence-electron chi connectivity index (χ0n) is 11.7. The summed E-state index contributed by atoms with van der Waals surface area (Å²) in [6.45, 7) is 0.357. The number of thiophene rings is 1. The van der Waals surface area contributed by atoms with Gasteiger partial charge in [-0.2, -0.15) is 0 Å². The molecule has 0 saturated carbocycles. The van der Waals surface area contributed by atoms with Gasteiger partial charge in [-0.3, -0.25) is 9.59 Å². The van der Waals surface area contributed by atoms with E-state index >= 15 is 0 Å². The van der Waals surface area contributed by atoms with Crippen LogP contribution in [0.4, 0.5) is 0 Å². The van der Waals surface area contributed by atoms with Crippen molar-refractivity contribution in [2.45, 2.75) is 24.9 Å². The number of hydrogen-bond donors (Lipinski definition) is 1. The van der Waals surface area contributed by atoms with Gasteiger partial charge in [-0.05, 0) is 11.4 Å². The molecule has 1 amide bonds. The third-order valence-corrected chi connectivity index (χ3v) is 4.73. The Morgan fingerprint density at radius 1 is 1.52 bits per heavy atom. The minimum Gasteiger partial charge on any atom is -0.469 e. The van der Waals surface area contributed by atoms with Crippen LogP contribution in [-0.4, -0.2) is 41.5 Å². The molecule has 0 aliphatic carbocycles. The van der Waals surface area contributed by atoms with E-state index < -0.39 is 0 Å². The van der Waals surface area contributed by atoms with E-state index in [1.54, 1.807) is 22.4 Å². The van der Waals surface area contributed by atoms with Gasteiger partial charge in [0.1, 0.15) is 6.04 Å². The highest BCUT2D eigenvalue weighted by molar-refractivity contribution is 7.10. The van der Waals surface area contributed by atoms with E-state index in [1.807, 2.05) is 22.7 Å². The van der Waals surface area contributed by atoms with Gasteiger partial charge in [-0.1, -0.05) is 6.07 Å². The number of hydrazine groups is 1. The highest BCUT2D eigenvalue weighted by atomic mass is 32.1. The van der Waals surface area contributed by atoms with E-state index in [-0.39, 0.29) is 30.4 Å². The lowest BCUT2D eigenvalue weighted by atomic mass is 10.1. The zero-order chi connectivity index (χ0) is 14.8. The molecule has 0 aromatic carbocycles. The summed E-state index contributed by atoms with van der Waals surface area (Å²) in [6, 6.07) is 4.05. The Morgan fingerprint density at radius 2 is 2.38 bits per heavy atom. The molecular formula is C14H17N3O3S. The first-order valence-corrected chi connectivity index (χ1v) is 7.70. The molecule has 2 atom stereocenters. The highest BCUT2D eigenvalue weighted by Crippen LogP contribution is 2.32. The third kappa shape index (κ3) is 2.79. The van der Waals surface area contributed by atoms with Gasteiger partial charge in [0.15, 0.2) is 0 Å². The van der Waals surface area contributed by atoms with Crippen LogP contribution in [0.5, 0.6) is 0 Å². The number of carbonyl (C=O) groups is 2. The van der Waals surface area contributed by atoms with Gasteiger partial charge in [-0.15, -0.1) is 11.3 Å². The predicted molar refractivity (Wildman–Crippen MR) is 77.9 cm³/mol. The fourth-order valence-corrected chi connectivity index (χ4v) is 3.40. The Bertz CT molecular complexity index is 558. The number of esters is 1. The summed E-state index contributed by atoms with van der Waals surface area (Å²) in [7, 11) is 1.35. The Morgan fingerprint density at radius 3 is 3.10 bits per heavy atom. The first-order chi connectivity index (χ1) is 10.2. The number of carbonyl (C=O) groups excluding carboxylic acids is 2. The number of nitrogens with one attached hydrogen (secondary N) is 1. The second-order valence-electron chi connectivity index (χ2n) is 5.01. The monoisotopic (exact) mass is 307 g/mol. The predicted octanol–water partition coefficient (Wildman–Crippen LogP) is 1.24. The largest absolute Gasteiger partial charge is 0.469 e. The lowest BCUT2D eigenvalue weighted by molar-refractivity contribution is -0.142. The lowest BCUT2D eigenvalue weighted by Gasteiger charge is -2.31. The van der Waals surface area contributed by atoms with Crippen LogP contribution in [-0.2, 0) is 14.3 Å². The molecule has 1 aromatic rings. The van der Waals surface area contributed by atoms with Gasteiger partial charge < -0.3 is 14.6 Å². The van der Waals surface area contributed by atoms with Crippen molar-refractivity contribution in [3.05, 3.63) is 34.8 Å². The van der Waals surface area contributed by atoms with Crippen molar-refractivity contribution < 1.29 is 14.3 Å². The van der Waals surface area contributed by atoms with Gasteiger partial charge in [-0.25, -0.2) is 5.43 Å². The molecule has 1 fully saturated rings. The van der Waals surface area contributed by atoms with Crippen molar-refractivity contribution in [1.82, 2.24) is 15.3 Å². The van der Waals surface area contributed by atoms with Crippen LogP contribution in [0.3, 0.4) is 0 Å². The molecule has 3 rings (SSSR count).